The van der Waals surface area contributed by atoms with Gasteiger partial charge in [0.1, 0.15) is 5.78 Å². The first-order valence-electron chi connectivity index (χ1n) is 8.81. The van der Waals surface area contributed by atoms with E-state index in [2.05, 4.69) is 44.5 Å². The number of hydrogen-bond donors (Lipinski definition) is 1. The van der Waals surface area contributed by atoms with Crippen molar-refractivity contribution in [3.8, 4) is 0 Å². The van der Waals surface area contributed by atoms with Gasteiger partial charge in [-0.05, 0) is 57.9 Å². The highest BCUT2D eigenvalue weighted by atomic mass is 35.5. The Morgan fingerprint density at radius 3 is 2.08 bits per heavy atom. The van der Waals surface area contributed by atoms with Gasteiger partial charge in [-0.2, -0.15) is 0 Å². The second kappa shape index (κ2) is 13.2. The zero-order chi connectivity index (χ0) is 20.1. The van der Waals surface area contributed by atoms with Crippen LogP contribution in [0, 0.1) is 18.8 Å². The third kappa shape index (κ3) is 11.5. The van der Waals surface area contributed by atoms with Crippen LogP contribution in [0.3, 0.4) is 0 Å². The molecule has 2 rings (SSSR count). The summed E-state index contributed by atoms with van der Waals surface area (Å²) in [5, 5.41) is 3.60. The number of Topliss-reactive ketones (excluding diaryl/α,β-unsaturated/α-hetero) is 1. The molecule has 0 aliphatic heterocycles. The van der Waals surface area contributed by atoms with Gasteiger partial charge in [-0.3, -0.25) is 4.79 Å². The van der Waals surface area contributed by atoms with Gasteiger partial charge in [0.15, 0.2) is 0 Å². The monoisotopic (exact) mass is 373 g/mol. The fraction of sp³-hybridized carbons (Fsp3) is 0.348. The molecule has 1 aromatic rings. The topological polar surface area (TPSA) is 29.1 Å². The predicted octanol–water partition coefficient (Wildman–Crippen LogP) is 6.55. The molecule has 1 fully saturated rings. The maximum Gasteiger partial charge on any atom is 0.133 e. The Hall–Kier alpha value is -2.06. The summed E-state index contributed by atoms with van der Waals surface area (Å²) in [5.41, 5.74) is 3.13. The van der Waals surface area contributed by atoms with E-state index in [1.807, 2.05) is 44.2 Å². The third-order valence-electron chi connectivity index (χ3n) is 3.95. The van der Waals surface area contributed by atoms with E-state index in [1.165, 1.54) is 5.56 Å². The average molecular weight is 374 g/mol. The maximum absolute atomic E-state index is 10.4. The zero-order valence-corrected chi connectivity index (χ0v) is 17.4. The molecule has 1 aliphatic rings. The molecule has 2 atom stereocenters. The van der Waals surface area contributed by atoms with Gasteiger partial charge in [0, 0.05) is 16.6 Å². The molecule has 0 amide bonds. The summed E-state index contributed by atoms with van der Waals surface area (Å²) < 4.78 is 0. The second-order valence-electron chi connectivity index (χ2n) is 6.41. The number of hydrogen-bond acceptors (Lipinski definition) is 2. The Morgan fingerprint density at radius 1 is 1.27 bits per heavy atom. The normalized spacial score (nSPS) is 18.4. The number of halogens is 1. The molecule has 26 heavy (non-hydrogen) atoms. The van der Waals surface area contributed by atoms with Gasteiger partial charge in [0.2, 0.25) is 0 Å². The third-order valence-corrected chi connectivity index (χ3v) is 4.28. The molecular weight excluding hydrogens is 342 g/mol. The molecule has 1 N–H and O–H groups in total. The molecule has 3 heteroatoms. The van der Waals surface area contributed by atoms with E-state index in [-0.39, 0.29) is 0 Å². The molecule has 2 unspecified atom stereocenters. The molecular formula is C23H32ClNO. The van der Waals surface area contributed by atoms with Crippen LogP contribution in [0.2, 0.25) is 0 Å². The van der Waals surface area contributed by atoms with E-state index in [0.717, 1.165) is 17.7 Å². The molecule has 0 radical (unpaired) electrons. The minimum atomic E-state index is 0.368. The average Bonchev–Trinajstić information content (AvgIpc) is 3.34. The van der Waals surface area contributed by atoms with Crippen LogP contribution in [0.1, 0.15) is 39.7 Å². The summed E-state index contributed by atoms with van der Waals surface area (Å²) in [6, 6.07) is 10.3. The van der Waals surface area contributed by atoms with Crippen molar-refractivity contribution in [1.82, 2.24) is 5.32 Å². The van der Waals surface area contributed by atoms with Gasteiger partial charge < -0.3 is 5.32 Å². The molecule has 1 aromatic carbocycles. The lowest BCUT2D eigenvalue weighted by Crippen LogP contribution is -2.03. The zero-order valence-electron chi connectivity index (χ0n) is 16.7. The molecule has 0 aromatic heterocycles. The first kappa shape index (κ1) is 23.9. The number of benzene rings is 1. The Labute approximate surface area is 164 Å². The molecule has 1 aliphatic carbocycles. The van der Waals surface area contributed by atoms with E-state index >= 15 is 0 Å². The van der Waals surface area contributed by atoms with Crippen LogP contribution >= 0.6 is 11.6 Å². The number of allylic oxidation sites excluding steroid dienone is 4. The highest BCUT2D eigenvalue weighted by Crippen LogP contribution is 2.37. The molecule has 1 saturated carbocycles. The number of carbonyl (C=O) groups excluding carboxylic acids is 1. The Balaban J connectivity index is 0.000000381. The van der Waals surface area contributed by atoms with Crippen molar-refractivity contribution in [2.24, 2.45) is 11.8 Å². The van der Waals surface area contributed by atoms with Gasteiger partial charge in [-0.25, -0.2) is 0 Å². The van der Waals surface area contributed by atoms with E-state index in [1.54, 1.807) is 13.1 Å². The molecule has 142 valence electrons. The minimum absolute atomic E-state index is 0.368. The van der Waals surface area contributed by atoms with Crippen molar-refractivity contribution < 1.29 is 4.79 Å². The molecule has 0 bridgehead atoms. The second-order valence-corrected chi connectivity index (χ2v) is 6.85. The largest absolute Gasteiger partial charge is 0.363 e. The first-order chi connectivity index (χ1) is 12.2. The van der Waals surface area contributed by atoms with Crippen molar-refractivity contribution in [2.75, 3.05) is 0 Å². The standard InChI is InChI=1S/C10H14ClN.C7H8.C6H10O/c1-5-10(11)7-8(3)9(4)12-6-2;1-7-5-3-2-4-6-7;1-4-3-6(4)5(2)7/h5-7,12H,2,4H2,1,3H3;2-6H,1H3;4,6H,3H2,1-2H3/b8-7-,10-5+;;. The predicted molar refractivity (Wildman–Crippen MR) is 115 cm³/mol. The van der Waals surface area contributed by atoms with Crippen LogP contribution in [0.5, 0.6) is 0 Å². The van der Waals surface area contributed by atoms with Crippen molar-refractivity contribution in [3.63, 3.8) is 0 Å². The highest BCUT2D eigenvalue weighted by Gasteiger charge is 2.36. The van der Waals surface area contributed by atoms with Crippen LogP contribution < -0.4 is 5.32 Å². The highest BCUT2D eigenvalue weighted by molar-refractivity contribution is 6.31. The van der Waals surface area contributed by atoms with Gasteiger partial charge >= 0.3 is 0 Å². The van der Waals surface area contributed by atoms with Crippen LogP contribution in [-0.2, 0) is 4.79 Å². The van der Waals surface area contributed by atoms with Crippen molar-refractivity contribution >= 4 is 17.4 Å². The minimum Gasteiger partial charge on any atom is -0.363 e. The number of aryl methyl sites for hydroxylation is 1. The molecule has 0 spiro atoms. The summed E-state index contributed by atoms with van der Waals surface area (Å²) >= 11 is 5.79. The van der Waals surface area contributed by atoms with Gasteiger partial charge in [0.05, 0.1) is 0 Å². The van der Waals surface area contributed by atoms with E-state index in [4.69, 9.17) is 11.6 Å². The van der Waals surface area contributed by atoms with Gasteiger partial charge in [-0.15, -0.1) is 0 Å². The summed E-state index contributed by atoms with van der Waals surface area (Å²) in [5.74, 6) is 1.49. The van der Waals surface area contributed by atoms with Crippen molar-refractivity contribution in [3.05, 3.63) is 83.7 Å². The Morgan fingerprint density at radius 2 is 1.81 bits per heavy atom. The molecule has 2 nitrogen and oxygen atoms in total. The summed E-state index contributed by atoms with van der Waals surface area (Å²) in [7, 11) is 0. The summed E-state index contributed by atoms with van der Waals surface area (Å²) in [6.45, 7) is 17.0. The van der Waals surface area contributed by atoms with Crippen molar-refractivity contribution in [2.45, 2.75) is 41.0 Å². The Bertz CT molecular complexity index is 643. The molecule has 0 heterocycles. The number of carbonyl (C=O) groups is 1. The molecule has 0 saturated heterocycles. The fourth-order valence-corrected chi connectivity index (χ4v) is 2.20. The number of nitrogens with one attached hydrogen (secondary N) is 1. The van der Waals surface area contributed by atoms with Crippen LogP contribution in [0.25, 0.3) is 0 Å². The first-order valence-corrected chi connectivity index (χ1v) is 9.19. The van der Waals surface area contributed by atoms with E-state index in [0.29, 0.717) is 22.7 Å². The Kier molecular flexibility index (Phi) is 12.1. The van der Waals surface area contributed by atoms with Crippen molar-refractivity contribution in [1.29, 1.82) is 0 Å². The van der Waals surface area contributed by atoms with E-state index in [9.17, 15) is 4.79 Å². The summed E-state index contributed by atoms with van der Waals surface area (Å²) in [4.78, 5) is 10.4. The maximum atomic E-state index is 10.4. The summed E-state index contributed by atoms with van der Waals surface area (Å²) in [6.07, 6.45) is 6.39. The van der Waals surface area contributed by atoms with Crippen LogP contribution in [0.15, 0.2) is 78.1 Å². The quantitative estimate of drug-likeness (QED) is 0.593. The number of rotatable bonds is 5. The fourth-order valence-electron chi connectivity index (χ4n) is 2.04. The SMILES string of the molecule is C=CNC(=C)/C(C)=C\C(Cl)=C/C.CC(=O)C1CC1C.Cc1ccccc1. The number of ketones is 1. The van der Waals surface area contributed by atoms with E-state index < -0.39 is 0 Å². The van der Waals surface area contributed by atoms with Crippen LogP contribution in [0.4, 0.5) is 0 Å². The van der Waals surface area contributed by atoms with Gasteiger partial charge in [0.25, 0.3) is 0 Å². The lowest BCUT2D eigenvalue weighted by atomic mass is 10.2. The lowest BCUT2D eigenvalue weighted by molar-refractivity contribution is -0.118. The van der Waals surface area contributed by atoms with Crippen LogP contribution in [-0.4, -0.2) is 5.78 Å². The smallest absolute Gasteiger partial charge is 0.133 e. The van der Waals surface area contributed by atoms with Gasteiger partial charge in [-0.1, -0.05) is 73.7 Å². The lowest BCUT2D eigenvalue weighted by Gasteiger charge is -2.04.